The van der Waals surface area contributed by atoms with E-state index in [2.05, 4.69) is 120 Å². The van der Waals surface area contributed by atoms with Gasteiger partial charge in [-0.05, 0) is 81.8 Å². The standard InChI is InChI=1S/C35H25N/c1-2-12-25-23(10-1)22-24-11-7-18-31(35(24)25)27-15-8-17-28-26(27)16-9-21-34(28)36-32-19-5-3-13-29(32)30-14-4-6-20-33(30)36/h1-3,5-13,15-21H,4,14,22H2. The first-order valence-electron chi connectivity index (χ1n) is 12.9. The highest BCUT2D eigenvalue weighted by molar-refractivity contribution is 6.06. The van der Waals surface area contributed by atoms with Crippen molar-refractivity contribution in [2.75, 3.05) is 0 Å². The van der Waals surface area contributed by atoms with E-state index in [0.717, 1.165) is 19.3 Å². The van der Waals surface area contributed by atoms with Crippen molar-refractivity contribution in [2.24, 2.45) is 0 Å². The molecule has 0 fully saturated rings. The fourth-order valence-corrected chi connectivity index (χ4v) is 6.58. The summed E-state index contributed by atoms with van der Waals surface area (Å²) in [7, 11) is 0. The molecule has 0 amide bonds. The normalized spacial score (nSPS) is 13.7. The molecule has 8 rings (SSSR count). The third kappa shape index (κ3) is 2.71. The van der Waals surface area contributed by atoms with Crippen molar-refractivity contribution in [1.82, 2.24) is 4.57 Å². The highest BCUT2D eigenvalue weighted by Gasteiger charge is 2.23. The largest absolute Gasteiger partial charge is 0.309 e. The van der Waals surface area contributed by atoms with Gasteiger partial charge in [0.1, 0.15) is 0 Å². The highest BCUT2D eigenvalue weighted by Crippen LogP contribution is 2.45. The van der Waals surface area contributed by atoms with E-state index in [9.17, 15) is 0 Å². The highest BCUT2D eigenvalue weighted by atomic mass is 15.0. The Bertz CT molecular complexity index is 1860. The molecule has 0 radical (unpaired) electrons. The molecule has 0 bridgehead atoms. The average molecular weight is 460 g/mol. The molecule has 36 heavy (non-hydrogen) atoms. The van der Waals surface area contributed by atoms with Gasteiger partial charge in [-0.15, -0.1) is 0 Å². The van der Waals surface area contributed by atoms with Crippen LogP contribution in [0.4, 0.5) is 0 Å². The Morgan fingerprint density at radius 2 is 1.28 bits per heavy atom. The Kier molecular flexibility index (Phi) is 4.18. The van der Waals surface area contributed by atoms with E-state index in [1.165, 1.54) is 72.0 Å². The zero-order valence-electron chi connectivity index (χ0n) is 20.0. The van der Waals surface area contributed by atoms with E-state index in [4.69, 9.17) is 0 Å². The summed E-state index contributed by atoms with van der Waals surface area (Å²) in [5.74, 6) is 0. The maximum absolute atomic E-state index is 2.48. The van der Waals surface area contributed by atoms with E-state index < -0.39 is 0 Å². The Labute approximate surface area is 211 Å². The van der Waals surface area contributed by atoms with Gasteiger partial charge in [0.15, 0.2) is 0 Å². The van der Waals surface area contributed by atoms with Crippen LogP contribution in [-0.2, 0) is 12.8 Å². The van der Waals surface area contributed by atoms with Gasteiger partial charge in [-0.25, -0.2) is 0 Å². The summed E-state index contributed by atoms with van der Waals surface area (Å²) in [5.41, 5.74) is 13.6. The lowest BCUT2D eigenvalue weighted by Crippen LogP contribution is -2.01. The molecule has 0 N–H and O–H groups in total. The van der Waals surface area contributed by atoms with E-state index in [1.54, 1.807) is 0 Å². The molecule has 170 valence electrons. The summed E-state index contributed by atoms with van der Waals surface area (Å²) in [6.45, 7) is 0. The number of hydrogen-bond acceptors (Lipinski definition) is 0. The number of para-hydroxylation sites is 1. The van der Waals surface area contributed by atoms with Gasteiger partial charge in [0.05, 0.1) is 11.2 Å². The third-order valence-corrected chi connectivity index (χ3v) is 8.11. The van der Waals surface area contributed by atoms with Crippen LogP contribution in [0.1, 0.15) is 28.8 Å². The van der Waals surface area contributed by atoms with Gasteiger partial charge >= 0.3 is 0 Å². The van der Waals surface area contributed by atoms with Crippen LogP contribution in [0.2, 0.25) is 0 Å². The van der Waals surface area contributed by atoms with Crippen LogP contribution in [0, 0.1) is 0 Å². The van der Waals surface area contributed by atoms with E-state index in [1.807, 2.05) is 0 Å². The minimum atomic E-state index is 1.02. The van der Waals surface area contributed by atoms with Crippen molar-refractivity contribution in [1.29, 1.82) is 0 Å². The van der Waals surface area contributed by atoms with Gasteiger partial charge in [-0.1, -0.05) is 97.1 Å². The summed E-state index contributed by atoms with van der Waals surface area (Å²) in [6, 6.07) is 38.2. The molecular weight excluding hydrogens is 434 g/mol. The van der Waals surface area contributed by atoms with Gasteiger partial charge in [-0.3, -0.25) is 0 Å². The number of rotatable bonds is 2. The molecule has 1 heteroatoms. The molecule has 1 nitrogen and oxygen atoms in total. The molecule has 0 aliphatic heterocycles. The van der Waals surface area contributed by atoms with Crippen molar-refractivity contribution in [2.45, 2.75) is 19.3 Å². The fourth-order valence-electron chi connectivity index (χ4n) is 6.58. The molecule has 5 aromatic carbocycles. The molecule has 0 spiro atoms. The van der Waals surface area contributed by atoms with Crippen molar-refractivity contribution < 1.29 is 0 Å². The Hall–Kier alpha value is -4.36. The summed E-state index contributed by atoms with van der Waals surface area (Å²) in [6.07, 6.45) is 7.87. The maximum atomic E-state index is 2.48. The van der Waals surface area contributed by atoms with E-state index >= 15 is 0 Å². The SMILES string of the molecule is C1=Cc2c(c3ccccc3n2-c2cccc3c(-c4cccc5c4-c4ccccc4C5)cccc23)CC1. The van der Waals surface area contributed by atoms with Gasteiger partial charge in [-0.2, -0.15) is 0 Å². The van der Waals surface area contributed by atoms with Crippen molar-refractivity contribution >= 4 is 27.8 Å². The van der Waals surface area contributed by atoms with Gasteiger partial charge in [0.25, 0.3) is 0 Å². The lowest BCUT2D eigenvalue weighted by atomic mass is 9.91. The van der Waals surface area contributed by atoms with E-state index in [0.29, 0.717) is 0 Å². The van der Waals surface area contributed by atoms with Gasteiger partial charge in [0.2, 0.25) is 0 Å². The van der Waals surface area contributed by atoms with E-state index in [-0.39, 0.29) is 0 Å². The number of allylic oxidation sites excluding steroid dienone is 1. The maximum Gasteiger partial charge on any atom is 0.0540 e. The van der Waals surface area contributed by atoms with Crippen LogP contribution < -0.4 is 0 Å². The van der Waals surface area contributed by atoms with Crippen molar-refractivity contribution in [3.8, 4) is 27.9 Å². The molecule has 1 heterocycles. The molecule has 0 saturated carbocycles. The molecular formula is C35H25N. The fraction of sp³-hybridized carbons (Fsp3) is 0.0857. The van der Waals surface area contributed by atoms with Crippen LogP contribution in [0.25, 0.3) is 55.7 Å². The topological polar surface area (TPSA) is 4.93 Å². The first-order valence-corrected chi connectivity index (χ1v) is 12.9. The Morgan fingerprint density at radius 3 is 2.28 bits per heavy atom. The van der Waals surface area contributed by atoms with Crippen molar-refractivity contribution in [3.63, 3.8) is 0 Å². The van der Waals surface area contributed by atoms with Crippen LogP contribution in [0.3, 0.4) is 0 Å². The molecule has 2 aliphatic rings. The molecule has 2 aliphatic carbocycles. The number of aryl methyl sites for hydroxylation is 1. The first-order chi connectivity index (χ1) is 17.9. The second kappa shape index (κ2) is 7.57. The number of hydrogen-bond donors (Lipinski definition) is 0. The number of nitrogens with zero attached hydrogens (tertiary/aromatic N) is 1. The summed E-state index contributed by atoms with van der Waals surface area (Å²) in [5, 5.41) is 3.98. The molecule has 1 aromatic heterocycles. The molecule has 0 unspecified atom stereocenters. The predicted molar refractivity (Wildman–Crippen MR) is 152 cm³/mol. The zero-order chi connectivity index (χ0) is 23.6. The quantitative estimate of drug-likeness (QED) is 0.243. The lowest BCUT2D eigenvalue weighted by Gasteiger charge is -2.17. The number of aromatic nitrogens is 1. The van der Waals surface area contributed by atoms with Crippen LogP contribution in [0.15, 0.2) is 109 Å². The first kappa shape index (κ1) is 19.9. The van der Waals surface area contributed by atoms with Gasteiger partial charge in [0, 0.05) is 16.5 Å². The van der Waals surface area contributed by atoms with Crippen LogP contribution in [0.5, 0.6) is 0 Å². The number of benzene rings is 5. The summed E-state index contributed by atoms with van der Waals surface area (Å²) < 4.78 is 2.48. The van der Waals surface area contributed by atoms with Crippen LogP contribution >= 0.6 is 0 Å². The number of fused-ring (bicyclic) bond motifs is 7. The summed E-state index contributed by atoms with van der Waals surface area (Å²) >= 11 is 0. The third-order valence-electron chi connectivity index (χ3n) is 8.11. The second-order valence-electron chi connectivity index (χ2n) is 10.0. The molecule has 6 aromatic rings. The second-order valence-corrected chi connectivity index (χ2v) is 10.0. The zero-order valence-corrected chi connectivity index (χ0v) is 20.0. The molecule has 0 atom stereocenters. The average Bonchev–Trinajstić information content (AvgIpc) is 3.48. The summed E-state index contributed by atoms with van der Waals surface area (Å²) in [4.78, 5) is 0. The molecule has 0 saturated heterocycles. The van der Waals surface area contributed by atoms with Crippen LogP contribution in [-0.4, -0.2) is 4.57 Å². The lowest BCUT2D eigenvalue weighted by molar-refractivity contribution is 0.970. The van der Waals surface area contributed by atoms with Gasteiger partial charge < -0.3 is 4.57 Å². The smallest absolute Gasteiger partial charge is 0.0540 e. The minimum absolute atomic E-state index is 1.02. The Morgan fingerprint density at radius 1 is 0.556 bits per heavy atom. The predicted octanol–water partition coefficient (Wildman–Crippen LogP) is 8.98. The monoisotopic (exact) mass is 459 g/mol. The van der Waals surface area contributed by atoms with Crippen molar-refractivity contribution in [3.05, 3.63) is 132 Å². The minimum Gasteiger partial charge on any atom is -0.309 e. The Balaban J connectivity index is 1.42.